The van der Waals surface area contributed by atoms with Crippen LogP contribution in [0, 0.1) is 17.0 Å². The summed E-state index contributed by atoms with van der Waals surface area (Å²) in [5, 5.41) is 10.9. The van der Waals surface area contributed by atoms with Crippen LogP contribution in [0.4, 0.5) is 5.69 Å². The van der Waals surface area contributed by atoms with Gasteiger partial charge in [-0.1, -0.05) is 6.07 Å². The zero-order valence-corrected chi connectivity index (χ0v) is 14.0. The van der Waals surface area contributed by atoms with Crippen LogP contribution in [0.2, 0.25) is 0 Å². The smallest absolute Gasteiger partial charge is 0.272 e. The van der Waals surface area contributed by atoms with Crippen molar-refractivity contribution in [2.75, 3.05) is 20.3 Å². The Labute approximate surface area is 144 Å². The van der Waals surface area contributed by atoms with Gasteiger partial charge in [0.15, 0.2) is 11.5 Å². The Balaban J connectivity index is 1.74. The number of rotatable bonds is 4. The molecule has 7 heteroatoms. The maximum Gasteiger partial charge on any atom is 0.272 e. The maximum atomic E-state index is 12.6. The summed E-state index contributed by atoms with van der Waals surface area (Å²) in [6.45, 7) is 3.05. The first-order valence-electron chi connectivity index (χ1n) is 7.85. The van der Waals surface area contributed by atoms with Gasteiger partial charge in [-0.05, 0) is 36.8 Å². The van der Waals surface area contributed by atoms with Crippen LogP contribution in [0.1, 0.15) is 21.5 Å². The van der Waals surface area contributed by atoms with Crippen molar-refractivity contribution in [3.8, 4) is 11.5 Å². The van der Waals surface area contributed by atoms with Crippen LogP contribution in [-0.4, -0.2) is 36.0 Å². The monoisotopic (exact) mass is 342 g/mol. The Kier molecular flexibility index (Phi) is 4.56. The summed E-state index contributed by atoms with van der Waals surface area (Å²) < 4.78 is 11.0. The normalized spacial score (nSPS) is 12.6. The molecule has 1 heterocycles. The lowest BCUT2D eigenvalue weighted by molar-refractivity contribution is -0.385. The molecule has 130 valence electrons. The van der Waals surface area contributed by atoms with E-state index in [-0.39, 0.29) is 11.6 Å². The molecule has 2 aromatic carbocycles. The summed E-state index contributed by atoms with van der Waals surface area (Å²) >= 11 is 0. The van der Waals surface area contributed by atoms with Crippen molar-refractivity contribution in [3.63, 3.8) is 0 Å². The molecular weight excluding hydrogens is 324 g/mol. The van der Waals surface area contributed by atoms with Crippen LogP contribution in [0.5, 0.6) is 11.5 Å². The first-order chi connectivity index (χ1) is 12.0. The number of hydrogen-bond donors (Lipinski definition) is 0. The number of benzene rings is 2. The molecule has 7 nitrogen and oxygen atoms in total. The highest BCUT2D eigenvalue weighted by Gasteiger charge is 2.18. The quantitative estimate of drug-likeness (QED) is 0.630. The Bertz CT molecular complexity index is 834. The SMILES string of the molecule is Cc1cc(C(=O)N(C)Cc2ccc3c(c2)OCCO3)ccc1[N+](=O)[O-]. The van der Waals surface area contributed by atoms with E-state index in [4.69, 9.17) is 9.47 Å². The van der Waals surface area contributed by atoms with E-state index < -0.39 is 4.92 Å². The van der Waals surface area contributed by atoms with Crippen LogP contribution < -0.4 is 9.47 Å². The molecule has 3 rings (SSSR count). The number of nitrogens with zero attached hydrogens (tertiary/aromatic N) is 2. The van der Waals surface area contributed by atoms with E-state index in [9.17, 15) is 14.9 Å². The summed E-state index contributed by atoms with van der Waals surface area (Å²) in [5.74, 6) is 1.18. The molecule has 0 unspecified atom stereocenters. The number of fused-ring (bicyclic) bond motifs is 1. The second kappa shape index (κ2) is 6.80. The first kappa shape index (κ1) is 16.8. The van der Waals surface area contributed by atoms with E-state index in [0.29, 0.717) is 42.4 Å². The molecule has 0 aliphatic carbocycles. The van der Waals surface area contributed by atoms with Gasteiger partial charge in [0.05, 0.1) is 4.92 Å². The Morgan fingerprint density at radius 2 is 1.88 bits per heavy atom. The minimum atomic E-state index is -0.456. The predicted molar refractivity (Wildman–Crippen MR) is 91.1 cm³/mol. The number of hydrogen-bond acceptors (Lipinski definition) is 5. The largest absolute Gasteiger partial charge is 0.486 e. The number of carbonyl (C=O) groups excluding carboxylic acids is 1. The van der Waals surface area contributed by atoms with Gasteiger partial charge in [0.1, 0.15) is 13.2 Å². The van der Waals surface area contributed by atoms with Crippen LogP contribution in [0.15, 0.2) is 36.4 Å². The number of ether oxygens (including phenoxy) is 2. The van der Waals surface area contributed by atoms with Gasteiger partial charge in [0, 0.05) is 30.8 Å². The predicted octanol–water partition coefficient (Wildman–Crippen LogP) is 2.95. The van der Waals surface area contributed by atoms with Crippen molar-refractivity contribution in [2.24, 2.45) is 0 Å². The molecule has 0 fully saturated rings. The fourth-order valence-electron chi connectivity index (χ4n) is 2.75. The summed E-state index contributed by atoms with van der Waals surface area (Å²) in [6, 6.07) is 9.96. The molecule has 1 amide bonds. The summed E-state index contributed by atoms with van der Waals surface area (Å²) in [5.41, 5.74) is 1.80. The number of aryl methyl sites for hydroxylation is 1. The number of nitro groups is 1. The van der Waals surface area contributed by atoms with Gasteiger partial charge in [-0.25, -0.2) is 0 Å². The minimum absolute atomic E-state index is 0.00559. The summed E-state index contributed by atoms with van der Waals surface area (Å²) in [4.78, 5) is 24.6. The van der Waals surface area contributed by atoms with Gasteiger partial charge in [0.2, 0.25) is 0 Å². The van der Waals surface area contributed by atoms with Gasteiger partial charge in [-0.15, -0.1) is 0 Å². The zero-order chi connectivity index (χ0) is 18.0. The van der Waals surface area contributed by atoms with Gasteiger partial charge in [-0.2, -0.15) is 0 Å². The molecule has 0 N–H and O–H groups in total. The third-order valence-corrected chi connectivity index (χ3v) is 4.01. The van der Waals surface area contributed by atoms with E-state index in [1.165, 1.54) is 12.1 Å². The fraction of sp³-hybridized carbons (Fsp3) is 0.278. The van der Waals surface area contributed by atoms with Crippen LogP contribution in [0.3, 0.4) is 0 Å². The number of carbonyl (C=O) groups is 1. The highest BCUT2D eigenvalue weighted by molar-refractivity contribution is 5.94. The third kappa shape index (κ3) is 3.55. The lowest BCUT2D eigenvalue weighted by atomic mass is 10.1. The van der Waals surface area contributed by atoms with Crippen LogP contribution in [-0.2, 0) is 6.54 Å². The van der Waals surface area contributed by atoms with Crippen LogP contribution >= 0.6 is 0 Å². The lowest BCUT2D eigenvalue weighted by Crippen LogP contribution is -2.26. The van der Waals surface area contributed by atoms with E-state index in [1.807, 2.05) is 18.2 Å². The second-order valence-electron chi connectivity index (χ2n) is 5.90. The Hall–Kier alpha value is -3.09. The third-order valence-electron chi connectivity index (χ3n) is 4.01. The van der Waals surface area contributed by atoms with Crippen molar-refractivity contribution in [1.29, 1.82) is 0 Å². The molecule has 2 aromatic rings. The molecule has 0 aromatic heterocycles. The molecule has 0 saturated carbocycles. The average molecular weight is 342 g/mol. The zero-order valence-electron chi connectivity index (χ0n) is 14.0. The topological polar surface area (TPSA) is 81.9 Å². The summed E-state index contributed by atoms with van der Waals surface area (Å²) in [7, 11) is 1.69. The highest BCUT2D eigenvalue weighted by atomic mass is 16.6. The molecule has 0 spiro atoms. The first-order valence-corrected chi connectivity index (χ1v) is 7.85. The molecule has 0 saturated heterocycles. The van der Waals surface area contributed by atoms with Gasteiger partial charge in [-0.3, -0.25) is 14.9 Å². The van der Waals surface area contributed by atoms with E-state index >= 15 is 0 Å². The summed E-state index contributed by atoms with van der Waals surface area (Å²) in [6.07, 6.45) is 0. The van der Waals surface area contributed by atoms with Gasteiger partial charge >= 0.3 is 0 Å². The molecule has 0 atom stereocenters. The van der Waals surface area contributed by atoms with Gasteiger partial charge < -0.3 is 14.4 Å². The van der Waals surface area contributed by atoms with Crippen molar-refractivity contribution < 1.29 is 19.2 Å². The molecule has 0 radical (unpaired) electrons. The lowest BCUT2D eigenvalue weighted by Gasteiger charge is -2.21. The van der Waals surface area contributed by atoms with Crippen molar-refractivity contribution in [1.82, 2.24) is 4.90 Å². The average Bonchev–Trinajstić information content (AvgIpc) is 2.60. The second-order valence-corrected chi connectivity index (χ2v) is 5.90. The molecule has 1 aliphatic heterocycles. The van der Waals surface area contributed by atoms with Gasteiger partial charge in [0.25, 0.3) is 11.6 Å². The van der Waals surface area contributed by atoms with E-state index in [0.717, 1.165) is 5.56 Å². The number of amides is 1. The van der Waals surface area contributed by atoms with E-state index in [1.54, 1.807) is 24.9 Å². The van der Waals surface area contributed by atoms with Crippen molar-refractivity contribution >= 4 is 11.6 Å². The van der Waals surface area contributed by atoms with Crippen molar-refractivity contribution in [3.05, 3.63) is 63.2 Å². The number of nitro benzene ring substituents is 1. The van der Waals surface area contributed by atoms with E-state index in [2.05, 4.69) is 0 Å². The molecule has 1 aliphatic rings. The van der Waals surface area contributed by atoms with Crippen molar-refractivity contribution in [2.45, 2.75) is 13.5 Å². The standard InChI is InChI=1S/C18H18N2O5/c1-12-9-14(4-5-15(12)20(22)23)18(21)19(2)11-13-3-6-16-17(10-13)25-8-7-24-16/h3-6,9-10H,7-8,11H2,1-2H3. The Morgan fingerprint density at radius 3 is 2.56 bits per heavy atom. The van der Waals surface area contributed by atoms with Crippen LogP contribution in [0.25, 0.3) is 0 Å². The Morgan fingerprint density at radius 1 is 1.16 bits per heavy atom. The minimum Gasteiger partial charge on any atom is -0.486 e. The molecular formula is C18H18N2O5. The fourth-order valence-corrected chi connectivity index (χ4v) is 2.75. The molecule has 25 heavy (non-hydrogen) atoms. The highest BCUT2D eigenvalue weighted by Crippen LogP contribution is 2.31. The maximum absolute atomic E-state index is 12.6. The molecule has 0 bridgehead atoms.